The number of amides is 2. The zero-order valence-electron chi connectivity index (χ0n) is 17.5. The van der Waals surface area contributed by atoms with Crippen molar-refractivity contribution in [3.05, 3.63) is 12.2 Å². The van der Waals surface area contributed by atoms with Gasteiger partial charge in [-0.1, -0.05) is 25.5 Å². The van der Waals surface area contributed by atoms with Crippen molar-refractivity contribution < 1.29 is 24.2 Å². The molecule has 2 fully saturated rings. The van der Waals surface area contributed by atoms with E-state index in [1.54, 1.807) is 0 Å². The molecule has 2 aliphatic rings. The average Bonchev–Trinajstić information content (AvgIpc) is 3.29. The van der Waals surface area contributed by atoms with E-state index in [1.807, 2.05) is 6.92 Å². The number of carbonyl (C=O) groups excluding carboxylic acids is 2. The van der Waals surface area contributed by atoms with Crippen LogP contribution in [0.15, 0.2) is 12.2 Å². The number of hydrogen-bond donors (Lipinski definition) is 3. The Morgan fingerprint density at radius 1 is 1.07 bits per heavy atom. The highest BCUT2D eigenvalue weighted by Crippen LogP contribution is 2.53. The summed E-state index contributed by atoms with van der Waals surface area (Å²) < 4.78 is 4.98. The molecule has 0 heterocycles. The predicted octanol–water partition coefficient (Wildman–Crippen LogP) is 3.49. The first-order chi connectivity index (χ1) is 14.0. The fourth-order valence-corrected chi connectivity index (χ4v) is 4.76. The molecule has 2 aliphatic carbocycles. The Morgan fingerprint density at radius 3 is 2.55 bits per heavy atom. The molecule has 2 rings (SSSR count). The SMILES string of the molecule is CCCCOC(=O)NCC(=O)NC[C@@H]1[C@@H]2CC[C@@H](C2)[C@@H]1CC=CCCCC(=O)O. The number of aliphatic carboxylic acids is 1. The largest absolute Gasteiger partial charge is 0.481 e. The topological polar surface area (TPSA) is 105 Å². The summed E-state index contributed by atoms with van der Waals surface area (Å²) >= 11 is 0. The number of carboxylic acids is 1. The van der Waals surface area contributed by atoms with Crippen LogP contribution in [0.3, 0.4) is 0 Å². The molecule has 0 aromatic carbocycles. The molecule has 0 unspecified atom stereocenters. The monoisotopic (exact) mass is 408 g/mol. The lowest BCUT2D eigenvalue weighted by molar-refractivity contribution is -0.137. The van der Waals surface area contributed by atoms with Crippen LogP contribution >= 0.6 is 0 Å². The summed E-state index contributed by atoms with van der Waals surface area (Å²) in [6.45, 7) is 3.00. The standard InChI is InChI=1S/C22H36N2O5/c1-2-3-12-29-22(28)24-15-20(25)23-14-19-17-11-10-16(13-17)18(19)8-6-4-5-7-9-21(26)27/h4,6,16-19H,2-3,5,7-15H2,1H3,(H,23,25)(H,24,28)(H,26,27)/t16-,17+,18-,19+/m0/s1. The van der Waals surface area contributed by atoms with Gasteiger partial charge in [-0.3, -0.25) is 9.59 Å². The van der Waals surface area contributed by atoms with E-state index in [0.29, 0.717) is 37.3 Å². The van der Waals surface area contributed by atoms with Crippen molar-refractivity contribution in [2.75, 3.05) is 19.7 Å². The highest BCUT2D eigenvalue weighted by atomic mass is 16.5. The van der Waals surface area contributed by atoms with Crippen molar-refractivity contribution in [1.82, 2.24) is 10.6 Å². The Morgan fingerprint density at radius 2 is 1.83 bits per heavy atom. The number of allylic oxidation sites excluding steroid dienone is 2. The van der Waals surface area contributed by atoms with Gasteiger partial charge in [-0.05, 0) is 68.6 Å². The summed E-state index contributed by atoms with van der Waals surface area (Å²) in [6.07, 6.45) is 12.0. The normalized spacial score (nSPS) is 25.3. The number of fused-ring (bicyclic) bond motifs is 2. The summed E-state index contributed by atoms with van der Waals surface area (Å²) in [5.41, 5.74) is 0. The van der Waals surface area contributed by atoms with Crippen LogP contribution in [-0.4, -0.2) is 42.8 Å². The highest BCUT2D eigenvalue weighted by molar-refractivity contribution is 5.82. The van der Waals surface area contributed by atoms with Gasteiger partial charge in [0.1, 0.15) is 0 Å². The van der Waals surface area contributed by atoms with Crippen LogP contribution in [0.25, 0.3) is 0 Å². The van der Waals surface area contributed by atoms with Crippen molar-refractivity contribution in [3.63, 3.8) is 0 Å². The molecule has 7 heteroatoms. The van der Waals surface area contributed by atoms with Gasteiger partial charge in [-0.2, -0.15) is 0 Å². The molecule has 0 spiro atoms. The lowest BCUT2D eigenvalue weighted by Gasteiger charge is -2.30. The van der Waals surface area contributed by atoms with Gasteiger partial charge >= 0.3 is 12.1 Å². The molecule has 164 valence electrons. The first-order valence-corrected chi connectivity index (χ1v) is 11.0. The van der Waals surface area contributed by atoms with Gasteiger partial charge in [0.25, 0.3) is 0 Å². The smallest absolute Gasteiger partial charge is 0.407 e. The van der Waals surface area contributed by atoms with Crippen LogP contribution in [0.5, 0.6) is 0 Å². The maximum atomic E-state index is 12.1. The zero-order chi connectivity index (χ0) is 21.1. The van der Waals surface area contributed by atoms with Crippen LogP contribution in [0.2, 0.25) is 0 Å². The van der Waals surface area contributed by atoms with Crippen molar-refractivity contribution in [2.24, 2.45) is 23.7 Å². The molecule has 7 nitrogen and oxygen atoms in total. The molecule has 0 aromatic rings. The fourth-order valence-electron chi connectivity index (χ4n) is 4.76. The molecule has 2 saturated carbocycles. The van der Waals surface area contributed by atoms with E-state index in [-0.39, 0.29) is 18.9 Å². The first kappa shape index (κ1) is 23.2. The number of alkyl carbamates (subject to hydrolysis) is 1. The van der Waals surface area contributed by atoms with Crippen molar-refractivity contribution in [3.8, 4) is 0 Å². The van der Waals surface area contributed by atoms with Crippen molar-refractivity contribution in [2.45, 2.75) is 64.7 Å². The summed E-state index contributed by atoms with van der Waals surface area (Å²) in [5, 5.41) is 14.2. The van der Waals surface area contributed by atoms with Crippen LogP contribution in [0.4, 0.5) is 4.79 Å². The van der Waals surface area contributed by atoms with Crippen LogP contribution in [-0.2, 0) is 14.3 Å². The molecule has 4 atom stereocenters. The molecule has 0 aliphatic heterocycles. The van der Waals surface area contributed by atoms with E-state index in [4.69, 9.17) is 9.84 Å². The minimum Gasteiger partial charge on any atom is -0.481 e. The van der Waals surface area contributed by atoms with Crippen molar-refractivity contribution in [1.29, 1.82) is 0 Å². The Hall–Kier alpha value is -2.05. The fraction of sp³-hybridized carbons (Fsp3) is 0.773. The quantitative estimate of drug-likeness (QED) is 0.320. The molecule has 2 bridgehead atoms. The lowest BCUT2D eigenvalue weighted by atomic mass is 9.77. The van der Waals surface area contributed by atoms with E-state index in [2.05, 4.69) is 22.8 Å². The second kappa shape index (κ2) is 12.5. The van der Waals surface area contributed by atoms with E-state index < -0.39 is 12.1 Å². The van der Waals surface area contributed by atoms with E-state index >= 15 is 0 Å². The minimum absolute atomic E-state index is 0.0556. The van der Waals surface area contributed by atoms with Crippen LogP contribution in [0, 0.1) is 23.7 Å². The van der Waals surface area contributed by atoms with Gasteiger partial charge in [0.05, 0.1) is 13.2 Å². The number of rotatable bonds is 13. The second-order valence-electron chi connectivity index (χ2n) is 8.30. The van der Waals surface area contributed by atoms with Gasteiger partial charge in [0, 0.05) is 13.0 Å². The Balaban J connectivity index is 1.68. The molecule has 0 radical (unpaired) electrons. The summed E-state index contributed by atoms with van der Waals surface area (Å²) in [7, 11) is 0. The molecule has 3 N–H and O–H groups in total. The molecule has 2 amide bonds. The maximum Gasteiger partial charge on any atom is 0.407 e. The summed E-state index contributed by atoms with van der Waals surface area (Å²) in [4.78, 5) is 34.2. The minimum atomic E-state index is -0.744. The van der Waals surface area contributed by atoms with Gasteiger partial charge in [-0.15, -0.1) is 0 Å². The number of unbranched alkanes of at least 4 members (excludes halogenated alkanes) is 2. The Labute approximate surface area is 173 Å². The average molecular weight is 409 g/mol. The van der Waals surface area contributed by atoms with Gasteiger partial charge in [0.2, 0.25) is 5.91 Å². The molecular formula is C22H36N2O5. The molecule has 0 saturated heterocycles. The molecular weight excluding hydrogens is 372 g/mol. The van der Waals surface area contributed by atoms with E-state index in [0.717, 1.165) is 31.6 Å². The third kappa shape index (κ3) is 8.07. The number of carbonyl (C=O) groups is 3. The number of nitrogens with one attached hydrogen (secondary N) is 2. The Bertz CT molecular complexity index is 578. The molecule has 29 heavy (non-hydrogen) atoms. The number of hydrogen-bond acceptors (Lipinski definition) is 4. The third-order valence-electron chi connectivity index (χ3n) is 6.27. The van der Waals surface area contributed by atoms with Gasteiger partial charge in [-0.25, -0.2) is 4.79 Å². The van der Waals surface area contributed by atoms with Crippen LogP contribution < -0.4 is 10.6 Å². The zero-order valence-corrected chi connectivity index (χ0v) is 17.5. The lowest BCUT2D eigenvalue weighted by Crippen LogP contribution is -2.41. The van der Waals surface area contributed by atoms with E-state index in [9.17, 15) is 14.4 Å². The maximum absolute atomic E-state index is 12.1. The van der Waals surface area contributed by atoms with Gasteiger partial charge in [0.15, 0.2) is 0 Å². The van der Waals surface area contributed by atoms with Crippen molar-refractivity contribution >= 4 is 18.0 Å². The molecule has 0 aromatic heterocycles. The van der Waals surface area contributed by atoms with E-state index in [1.165, 1.54) is 19.3 Å². The predicted molar refractivity (Wildman–Crippen MR) is 110 cm³/mol. The highest BCUT2D eigenvalue weighted by Gasteiger charge is 2.46. The number of ether oxygens (including phenoxy) is 1. The Kier molecular flexibility index (Phi) is 10.0. The summed E-state index contributed by atoms with van der Waals surface area (Å²) in [6, 6.07) is 0. The first-order valence-electron chi connectivity index (χ1n) is 11.0. The summed E-state index contributed by atoms with van der Waals surface area (Å²) in [5.74, 6) is 1.55. The van der Waals surface area contributed by atoms with Crippen LogP contribution in [0.1, 0.15) is 64.7 Å². The number of carboxylic acid groups (broad SMARTS) is 1. The third-order valence-corrected chi connectivity index (χ3v) is 6.27. The second-order valence-corrected chi connectivity index (χ2v) is 8.30. The van der Waals surface area contributed by atoms with Gasteiger partial charge < -0.3 is 20.5 Å².